The van der Waals surface area contributed by atoms with E-state index in [0.717, 1.165) is 0 Å². The van der Waals surface area contributed by atoms with Gasteiger partial charge in [0, 0.05) is 43.7 Å². The van der Waals surface area contributed by atoms with Gasteiger partial charge < -0.3 is 9.55 Å². The quantitative estimate of drug-likeness (QED) is 0.240. The molecule has 0 aliphatic rings. The first-order chi connectivity index (χ1) is 19.9. The molecule has 0 bridgehead atoms. The van der Waals surface area contributed by atoms with E-state index in [1.54, 1.807) is 0 Å². The van der Waals surface area contributed by atoms with Crippen LogP contribution in [0.25, 0.3) is 82.0 Å². The molecule has 0 aliphatic carbocycles. The summed E-state index contributed by atoms with van der Waals surface area (Å²) in [4.78, 5) is 3.72. The van der Waals surface area contributed by atoms with E-state index in [4.69, 9.17) is 0 Å². The van der Waals surface area contributed by atoms with Gasteiger partial charge in [-0.2, -0.15) is 0 Å². The summed E-state index contributed by atoms with van der Waals surface area (Å²) < 4.78 is 2.43. The highest BCUT2D eigenvalue weighted by Crippen LogP contribution is 2.44. The molecular weight excluding hydrogens is 484 g/mol. The topological polar surface area (TPSA) is 20.7 Å². The number of nitrogens with one attached hydrogen (secondary N) is 1. The molecule has 40 heavy (non-hydrogen) atoms. The largest absolute Gasteiger partial charge is 0.354 e. The number of H-pyrrole nitrogens is 1. The fraction of sp³-hybridized carbons (Fsp3) is 0. The molecule has 0 saturated heterocycles. The molecule has 2 heteroatoms. The summed E-state index contributed by atoms with van der Waals surface area (Å²) in [5.41, 5.74) is 8.51. The minimum atomic E-state index is 1.17. The minimum Gasteiger partial charge on any atom is -0.354 e. The summed E-state index contributed by atoms with van der Waals surface area (Å²) in [5.74, 6) is 0. The van der Waals surface area contributed by atoms with Gasteiger partial charge in [-0.05, 0) is 63.7 Å². The highest BCUT2D eigenvalue weighted by molar-refractivity contribution is 6.27. The predicted octanol–water partition coefficient (Wildman–Crippen LogP) is 10.4. The van der Waals surface area contributed by atoms with Gasteiger partial charge in [-0.1, -0.05) is 103 Å². The van der Waals surface area contributed by atoms with Crippen LogP contribution in [0.15, 0.2) is 140 Å². The molecule has 2 heterocycles. The highest BCUT2D eigenvalue weighted by Gasteiger charge is 2.20. The predicted molar refractivity (Wildman–Crippen MR) is 171 cm³/mol. The molecule has 0 unspecified atom stereocenters. The van der Waals surface area contributed by atoms with Crippen molar-refractivity contribution >= 4 is 65.2 Å². The number of hydrogen-bond donors (Lipinski definition) is 1. The van der Waals surface area contributed by atoms with Crippen LogP contribution in [0.5, 0.6) is 0 Å². The van der Waals surface area contributed by atoms with Crippen LogP contribution >= 0.6 is 0 Å². The van der Waals surface area contributed by atoms with E-state index in [-0.39, 0.29) is 0 Å². The van der Waals surface area contributed by atoms with Crippen molar-refractivity contribution in [2.45, 2.75) is 0 Å². The van der Waals surface area contributed by atoms with E-state index in [2.05, 4.69) is 149 Å². The maximum Gasteiger partial charge on any atom is 0.0619 e. The Morgan fingerprint density at radius 3 is 1.77 bits per heavy atom. The monoisotopic (exact) mass is 508 g/mol. The standard InChI is InChI=1S/C38H24N2/c1-2-12-24(13-3-1)40-36-21-11-9-16-27(36)33-22-31(26-15-5-7-18-29(26)38(33)40)32-23-35-37(28-17-6-4-14-25(28)32)30-19-8-10-20-34(30)39-35/h1-23,39H. The van der Waals surface area contributed by atoms with E-state index in [1.807, 2.05) is 0 Å². The van der Waals surface area contributed by atoms with Crippen LogP contribution < -0.4 is 0 Å². The zero-order valence-corrected chi connectivity index (χ0v) is 21.7. The van der Waals surface area contributed by atoms with E-state index in [0.29, 0.717) is 0 Å². The maximum atomic E-state index is 3.72. The van der Waals surface area contributed by atoms with Crippen molar-refractivity contribution in [2.24, 2.45) is 0 Å². The third-order valence-corrected chi connectivity index (χ3v) is 8.49. The van der Waals surface area contributed by atoms with Crippen LogP contribution in [0.4, 0.5) is 0 Å². The third-order valence-electron chi connectivity index (χ3n) is 8.49. The normalized spacial score (nSPS) is 12.0. The summed E-state index contributed by atoms with van der Waals surface area (Å²) in [6, 6.07) is 50.7. The van der Waals surface area contributed by atoms with Gasteiger partial charge in [0.1, 0.15) is 0 Å². The first-order valence-electron chi connectivity index (χ1n) is 13.8. The van der Waals surface area contributed by atoms with E-state index < -0.39 is 0 Å². The van der Waals surface area contributed by atoms with Crippen molar-refractivity contribution in [1.82, 2.24) is 9.55 Å². The first-order valence-corrected chi connectivity index (χ1v) is 13.8. The zero-order valence-electron chi connectivity index (χ0n) is 21.7. The van der Waals surface area contributed by atoms with Crippen LogP contribution in [-0.2, 0) is 0 Å². The lowest BCUT2D eigenvalue weighted by Crippen LogP contribution is -1.94. The van der Waals surface area contributed by atoms with Crippen molar-refractivity contribution in [1.29, 1.82) is 0 Å². The lowest BCUT2D eigenvalue weighted by atomic mass is 9.90. The van der Waals surface area contributed by atoms with E-state index in [1.165, 1.54) is 82.0 Å². The average molecular weight is 509 g/mol. The number of benzene rings is 7. The molecule has 9 rings (SSSR count). The van der Waals surface area contributed by atoms with E-state index >= 15 is 0 Å². The summed E-state index contributed by atoms with van der Waals surface area (Å²) in [6.07, 6.45) is 0. The van der Waals surface area contributed by atoms with Gasteiger partial charge in [-0.3, -0.25) is 0 Å². The molecule has 7 aromatic carbocycles. The number of fused-ring (bicyclic) bond motifs is 10. The Hall–Kier alpha value is -5.34. The molecule has 2 aromatic heterocycles. The van der Waals surface area contributed by atoms with Gasteiger partial charge in [-0.15, -0.1) is 0 Å². The average Bonchev–Trinajstić information content (AvgIpc) is 3.57. The lowest BCUT2D eigenvalue weighted by molar-refractivity contribution is 1.19. The third kappa shape index (κ3) is 2.88. The van der Waals surface area contributed by atoms with Gasteiger partial charge in [0.2, 0.25) is 0 Å². The Labute approximate surface area is 230 Å². The Morgan fingerprint density at radius 1 is 0.400 bits per heavy atom. The summed E-state index contributed by atoms with van der Waals surface area (Å²) in [7, 11) is 0. The molecule has 9 aromatic rings. The Morgan fingerprint density at radius 2 is 0.975 bits per heavy atom. The van der Waals surface area contributed by atoms with Gasteiger partial charge in [0.05, 0.1) is 11.0 Å². The molecule has 0 amide bonds. The van der Waals surface area contributed by atoms with E-state index in [9.17, 15) is 0 Å². The Bertz CT molecular complexity index is 2420. The smallest absolute Gasteiger partial charge is 0.0619 e. The molecule has 0 saturated carbocycles. The Balaban J connectivity index is 1.48. The Kier molecular flexibility index (Phi) is 4.36. The fourth-order valence-electron chi connectivity index (χ4n) is 6.83. The van der Waals surface area contributed by atoms with Crippen LogP contribution in [0.3, 0.4) is 0 Å². The minimum absolute atomic E-state index is 1.17. The maximum absolute atomic E-state index is 3.72. The lowest BCUT2D eigenvalue weighted by Gasteiger charge is -2.15. The molecular formula is C38H24N2. The summed E-state index contributed by atoms with van der Waals surface area (Å²) >= 11 is 0. The fourth-order valence-corrected chi connectivity index (χ4v) is 6.83. The molecule has 186 valence electrons. The number of nitrogens with zero attached hydrogens (tertiary/aromatic N) is 1. The van der Waals surface area contributed by atoms with Gasteiger partial charge in [0.25, 0.3) is 0 Å². The second-order valence-corrected chi connectivity index (χ2v) is 10.6. The summed E-state index contributed by atoms with van der Waals surface area (Å²) in [5, 5.41) is 10.2. The second-order valence-electron chi connectivity index (χ2n) is 10.6. The van der Waals surface area contributed by atoms with Crippen LogP contribution in [0.2, 0.25) is 0 Å². The van der Waals surface area contributed by atoms with Crippen LogP contribution in [0.1, 0.15) is 0 Å². The SMILES string of the molecule is c1ccc(-n2c3ccccc3c3cc(-c4cc5[nH]c6ccccc6c5c5ccccc45)c4ccccc4c32)cc1. The van der Waals surface area contributed by atoms with Gasteiger partial charge >= 0.3 is 0 Å². The van der Waals surface area contributed by atoms with Crippen molar-refractivity contribution in [2.75, 3.05) is 0 Å². The number of hydrogen-bond acceptors (Lipinski definition) is 0. The number of rotatable bonds is 2. The number of aromatic amines is 1. The summed E-state index contributed by atoms with van der Waals surface area (Å²) in [6.45, 7) is 0. The van der Waals surface area contributed by atoms with Crippen molar-refractivity contribution < 1.29 is 0 Å². The van der Waals surface area contributed by atoms with Gasteiger partial charge in [0.15, 0.2) is 0 Å². The van der Waals surface area contributed by atoms with Crippen molar-refractivity contribution in [3.8, 4) is 16.8 Å². The highest BCUT2D eigenvalue weighted by atomic mass is 15.0. The molecule has 0 radical (unpaired) electrons. The van der Waals surface area contributed by atoms with Crippen LogP contribution in [0, 0.1) is 0 Å². The molecule has 2 nitrogen and oxygen atoms in total. The van der Waals surface area contributed by atoms with Crippen molar-refractivity contribution in [3.05, 3.63) is 140 Å². The molecule has 0 aliphatic heterocycles. The number of para-hydroxylation sites is 3. The molecule has 0 fully saturated rings. The first kappa shape index (κ1) is 21.6. The van der Waals surface area contributed by atoms with Gasteiger partial charge in [-0.25, -0.2) is 0 Å². The van der Waals surface area contributed by atoms with Crippen LogP contribution in [-0.4, -0.2) is 9.55 Å². The molecule has 0 spiro atoms. The molecule has 1 N–H and O–H groups in total. The second kappa shape index (κ2) is 8.08. The zero-order chi connectivity index (χ0) is 26.2. The number of aromatic nitrogens is 2. The van der Waals surface area contributed by atoms with Crippen molar-refractivity contribution in [3.63, 3.8) is 0 Å². The molecule has 0 atom stereocenters.